The van der Waals surface area contributed by atoms with E-state index in [1.165, 1.54) is 11.3 Å². The summed E-state index contributed by atoms with van der Waals surface area (Å²) in [4.78, 5) is 0. The van der Waals surface area contributed by atoms with Gasteiger partial charge in [-0.15, -0.1) is 0 Å². The highest BCUT2D eigenvalue weighted by atomic mass is 16.3. The van der Waals surface area contributed by atoms with Crippen molar-refractivity contribution < 1.29 is 5.11 Å². The van der Waals surface area contributed by atoms with Crippen molar-refractivity contribution in [2.75, 3.05) is 6.61 Å². The summed E-state index contributed by atoms with van der Waals surface area (Å²) in [6, 6.07) is 0. The van der Waals surface area contributed by atoms with Gasteiger partial charge in [-0.25, -0.2) is 0 Å². The summed E-state index contributed by atoms with van der Waals surface area (Å²) < 4.78 is 1.96. The Balaban J connectivity index is 2.79. The first kappa shape index (κ1) is 9.26. The number of hydrogen-bond acceptors (Lipinski definition) is 2. The Bertz CT molecular complexity index is 266. The third-order valence-electron chi connectivity index (χ3n) is 2.27. The number of hydrogen-bond donors (Lipinski definition) is 1. The van der Waals surface area contributed by atoms with Gasteiger partial charge in [0, 0.05) is 18.8 Å². The van der Waals surface area contributed by atoms with Crippen molar-refractivity contribution in [2.45, 2.75) is 33.7 Å². The molecule has 0 fully saturated rings. The summed E-state index contributed by atoms with van der Waals surface area (Å²) in [7, 11) is 0. The summed E-state index contributed by atoms with van der Waals surface area (Å²) in [5.74, 6) is 0. The number of rotatable bonds is 3. The van der Waals surface area contributed by atoms with E-state index in [-0.39, 0.29) is 6.61 Å². The fourth-order valence-electron chi connectivity index (χ4n) is 1.22. The van der Waals surface area contributed by atoms with Gasteiger partial charge in [-0.2, -0.15) is 5.10 Å². The molecule has 1 N–H and O–H groups in total. The molecule has 3 heteroatoms. The molecular formula is C9H16N2O. The van der Waals surface area contributed by atoms with Crippen molar-refractivity contribution in [3.63, 3.8) is 0 Å². The molecule has 0 aromatic carbocycles. The molecule has 0 aliphatic heterocycles. The van der Waals surface area contributed by atoms with Crippen LogP contribution in [0.25, 0.3) is 0 Å². The van der Waals surface area contributed by atoms with Crippen LogP contribution in [0.5, 0.6) is 0 Å². The Hall–Kier alpha value is -0.830. The molecule has 3 nitrogen and oxygen atoms in total. The lowest BCUT2D eigenvalue weighted by Gasteiger charge is -2.01. The van der Waals surface area contributed by atoms with Crippen LogP contribution in [-0.4, -0.2) is 21.5 Å². The summed E-state index contributed by atoms with van der Waals surface area (Å²) in [5, 5.41) is 13.0. The van der Waals surface area contributed by atoms with Gasteiger partial charge in [0.1, 0.15) is 0 Å². The van der Waals surface area contributed by atoms with Gasteiger partial charge in [0.05, 0.1) is 5.69 Å². The van der Waals surface area contributed by atoms with E-state index in [4.69, 9.17) is 5.11 Å². The Kier molecular flexibility index (Phi) is 2.87. The second-order valence-electron chi connectivity index (χ2n) is 3.10. The molecule has 0 saturated carbocycles. The van der Waals surface area contributed by atoms with Gasteiger partial charge >= 0.3 is 0 Å². The minimum Gasteiger partial charge on any atom is -0.396 e. The second-order valence-corrected chi connectivity index (χ2v) is 3.10. The van der Waals surface area contributed by atoms with Crippen LogP contribution in [0, 0.1) is 20.8 Å². The van der Waals surface area contributed by atoms with E-state index >= 15 is 0 Å². The van der Waals surface area contributed by atoms with Crippen LogP contribution < -0.4 is 0 Å². The van der Waals surface area contributed by atoms with Crippen molar-refractivity contribution >= 4 is 0 Å². The predicted molar refractivity (Wildman–Crippen MR) is 48.1 cm³/mol. The summed E-state index contributed by atoms with van der Waals surface area (Å²) >= 11 is 0. The maximum absolute atomic E-state index is 8.65. The van der Waals surface area contributed by atoms with Crippen molar-refractivity contribution in [1.29, 1.82) is 0 Å². The molecule has 12 heavy (non-hydrogen) atoms. The van der Waals surface area contributed by atoms with Gasteiger partial charge in [0.25, 0.3) is 0 Å². The third-order valence-corrected chi connectivity index (χ3v) is 2.27. The first-order valence-corrected chi connectivity index (χ1v) is 4.28. The normalized spacial score (nSPS) is 10.7. The Morgan fingerprint density at radius 3 is 2.42 bits per heavy atom. The minimum absolute atomic E-state index is 0.234. The SMILES string of the molecule is Cc1nn(CCCO)c(C)c1C. The number of aliphatic hydroxyl groups is 1. The molecule has 1 heterocycles. The topological polar surface area (TPSA) is 38.0 Å². The van der Waals surface area contributed by atoms with Crippen molar-refractivity contribution in [3.8, 4) is 0 Å². The average molecular weight is 168 g/mol. The zero-order chi connectivity index (χ0) is 9.14. The highest BCUT2D eigenvalue weighted by molar-refractivity contribution is 5.21. The average Bonchev–Trinajstić information content (AvgIpc) is 2.30. The lowest BCUT2D eigenvalue weighted by atomic mass is 10.2. The number of aryl methyl sites for hydroxylation is 2. The van der Waals surface area contributed by atoms with Crippen LogP contribution in [0.15, 0.2) is 0 Å². The zero-order valence-electron chi connectivity index (χ0n) is 7.96. The van der Waals surface area contributed by atoms with E-state index in [2.05, 4.69) is 18.9 Å². The molecule has 0 spiro atoms. The highest BCUT2D eigenvalue weighted by Crippen LogP contribution is 2.10. The van der Waals surface area contributed by atoms with Crippen LogP contribution in [-0.2, 0) is 6.54 Å². The minimum atomic E-state index is 0.234. The van der Waals surface area contributed by atoms with Gasteiger partial charge in [-0.05, 0) is 32.8 Å². The van der Waals surface area contributed by atoms with Crippen molar-refractivity contribution in [1.82, 2.24) is 9.78 Å². The number of aliphatic hydroxyl groups excluding tert-OH is 1. The second kappa shape index (κ2) is 3.72. The Morgan fingerprint density at radius 1 is 1.33 bits per heavy atom. The third kappa shape index (κ3) is 1.67. The van der Waals surface area contributed by atoms with Crippen molar-refractivity contribution in [3.05, 3.63) is 17.0 Å². The molecule has 0 saturated heterocycles. The molecule has 1 rings (SSSR count). The monoisotopic (exact) mass is 168 g/mol. The standard InChI is InChI=1S/C9H16N2O/c1-7-8(2)10-11(9(7)3)5-4-6-12/h12H,4-6H2,1-3H3. The molecule has 0 atom stereocenters. The lowest BCUT2D eigenvalue weighted by molar-refractivity contribution is 0.276. The van der Waals surface area contributed by atoms with E-state index in [1.54, 1.807) is 0 Å². The molecule has 1 aromatic rings. The largest absolute Gasteiger partial charge is 0.396 e. The van der Waals surface area contributed by atoms with Crippen LogP contribution in [0.3, 0.4) is 0 Å². The molecule has 0 bridgehead atoms. The molecule has 1 aromatic heterocycles. The van der Waals surface area contributed by atoms with E-state index in [0.717, 1.165) is 18.7 Å². The van der Waals surface area contributed by atoms with Crippen LogP contribution in [0.1, 0.15) is 23.4 Å². The summed E-state index contributed by atoms with van der Waals surface area (Å²) in [6.45, 7) is 7.20. The molecule has 0 aliphatic rings. The van der Waals surface area contributed by atoms with E-state index < -0.39 is 0 Å². The molecule has 0 aliphatic carbocycles. The van der Waals surface area contributed by atoms with E-state index in [1.807, 2.05) is 11.6 Å². The summed E-state index contributed by atoms with van der Waals surface area (Å²) in [5.41, 5.74) is 3.55. The first-order valence-electron chi connectivity index (χ1n) is 4.28. The van der Waals surface area contributed by atoms with Gasteiger partial charge < -0.3 is 5.11 Å². The number of aromatic nitrogens is 2. The zero-order valence-corrected chi connectivity index (χ0v) is 7.96. The van der Waals surface area contributed by atoms with Crippen LogP contribution in [0.4, 0.5) is 0 Å². The van der Waals surface area contributed by atoms with Gasteiger partial charge in [0.2, 0.25) is 0 Å². The highest BCUT2D eigenvalue weighted by Gasteiger charge is 2.05. The van der Waals surface area contributed by atoms with Gasteiger partial charge in [-0.3, -0.25) is 4.68 Å². The van der Waals surface area contributed by atoms with Gasteiger partial charge in [-0.1, -0.05) is 0 Å². The first-order chi connectivity index (χ1) is 5.66. The lowest BCUT2D eigenvalue weighted by Crippen LogP contribution is -2.04. The predicted octanol–water partition coefficient (Wildman–Crippen LogP) is 1.19. The smallest absolute Gasteiger partial charge is 0.0625 e. The van der Waals surface area contributed by atoms with Gasteiger partial charge in [0.15, 0.2) is 0 Å². The van der Waals surface area contributed by atoms with E-state index in [9.17, 15) is 0 Å². The Labute approximate surface area is 73.0 Å². The van der Waals surface area contributed by atoms with Crippen LogP contribution in [0.2, 0.25) is 0 Å². The maximum Gasteiger partial charge on any atom is 0.0625 e. The molecule has 68 valence electrons. The van der Waals surface area contributed by atoms with Crippen LogP contribution >= 0.6 is 0 Å². The fraction of sp³-hybridized carbons (Fsp3) is 0.667. The molecule has 0 amide bonds. The van der Waals surface area contributed by atoms with E-state index in [0.29, 0.717) is 0 Å². The van der Waals surface area contributed by atoms with Crippen molar-refractivity contribution in [2.24, 2.45) is 0 Å². The molecule has 0 unspecified atom stereocenters. The summed E-state index contributed by atoms with van der Waals surface area (Å²) in [6.07, 6.45) is 0.779. The fourth-order valence-corrected chi connectivity index (χ4v) is 1.22. The Morgan fingerprint density at radius 2 is 2.00 bits per heavy atom. The maximum atomic E-state index is 8.65. The molecular weight excluding hydrogens is 152 g/mol. The molecule has 0 radical (unpaired) electrons. The number of nitrogens with zero attached hydrogens (tertiary/aromatic N) is 2. The quantitative estimate of drug-likeness (QED) is 0.736.